The largest absolute Gasteiger partial charge is 0.288 e. The minimum absolute atomic E-state index is 0.0233. The van der Waals surface area contributed by atoms with Gasteiger partial charge in [-0.25, -0.2) is 4.39 Å². The minimum atomic E-state index is -0.607. The zero-order valence-electron chi connectivity index (χ0n) is 9.51. The first kappa shape index (κ1) is 13.2. The van der Waals surface area contributed by atoms with E-state index in [-0.39, 0.29) is 16.4 Å². The predicted octanol–water partition coefficient (Wildman–Crippen LogP) is 4.78. The number of aryl methyl sites for hydroxylation is 1. The summed E-state index contributed by atoms with van der Waals surface area (Å²) in [4.78, 5) is 12.1. The van der Waals surface area contributed by atoms with E-state index < -0.39 is 5.82 Å². The summed E-state index contributed by atoms with van der Waals surface area (Å²) in [5.41, 5.74) is 1.48. The smallest absolute Gasteiger partial charge is 0.196 e. The SMILES string of the molecule is Cc1ccc(C(=O)c2ccc(Cl)cc2F)cc1Br. The van der Waals surface area contributed by atoms with Gasteiger partial charge in [-0.05, 0) is 36.8 Å². The number of rotatable bonds is 2. The number of carbonyl (C=O) groups excluding carboxylic acids is 1. The molecule has 0 heterocycles. The van der Waals surface area contributed by atoms with Crippen LogP contribution in [-0.2, 0) is 0 Å². The number of hydrogen-bond donors (Lipinski definition) is 0. The first-order valence-corrected chi connectivity index (χ1v) is 6.42. The molecule has 0 saturated heterocycles. The van der Waals surface area contributed by atoms with Crippen molar-refractivity contribution >= 4 is 33.3 Å². The second-order valence-corrected chi connectivity index (χ2v) is 5.21. The van der Waals surface area contributed by atoms with E-state index in [1.807, 2.05) is 13.0 Å². The van der Waals surface area contributed by atoms with Crippen LogP contribution in [0.25, 0.3) is 0 Å². The van der Waals surface area contributed by atoms with Crippen LogP contribution in [0.1, 0.15) is 21.5 Å². The number of carbonyl (C=O) groups is 1. The maximum absolute atomic E-state index is 13.6. The van der Waals surface area contributed by atoms with Crippen LogP contribution in [0.5, 0.6) is 0 Å². The van der Waals surface area contributed by atoms with E-state index in [0.29, 0.717) is 5.56 Å². The molecular formula is C14H9BrClFO. The number of hydrogen-bond acceptors (Lipinski definition) is 1. The lowest BCUT2D eigenvalue weighted by Gasteiger charge is -2.05. The summed E-state index contributed by atoms with van der Waals surface area (Å²) in [5.74, 6) is -0.964. The average molecular weight is 328 g/mol. The van der Waals surface area contributed by atoms with Gasteiger partial charge in [0.25, 0.3) is 0 Å². The van der Waals surface area contributed by atoms with Gasteiger partial charge in [-0.2, -0.15) is 0 Å². The second kappa shape index (κ2) is 5.21. The number of benzene rings is 2. The van der Waals surface area contributed by atoms with Gasteiger partial charge in [0.15, 0.2) is 5.78 Å². The second-order valence-electron chi connectivity index (χ2n) is 3.92. The summed E-state index contributed by atoms with van der Waals surface area (Å²) in [6.07, 6.45) is 0. The number of ketones is 1. The summed E-state index contributed by atoms with van der Waals surface area (Å²) in [6, 6.07) is 9.21. The molecule has 0 radical (unpaired) electrons. The summed E-state index contributed by atoms with van der Waals surface area (Å²) in [7, 11) is 0. The topological polar surface area (TPSA) is 17.1 Å². The van der Waals surface area contributed by atoms with Gasteiger partial charge in [0.1, 0.15) is 5.82 Å². The van der Waals surface area contributed by atoms with Crippen molar-refractivity contribution in [1.29, 1.82) is 0 Å². The van der Waals surface area contributed by atoms with E-state index in [1.165, 1.54) is 12.1 Å². The van der Waals surface area contributed by atoms with Gasteiger partial charge in [-0.1, -0.05) is 39.7 Å². The lowest BCUT2D eigenvalue weighted by Crippen LogP contribution is -2.04. The van der Waals surface area contributed by atoms with Gasteiger partial charge in [-0.3, -0.25) is 4.79 Å². The first-order valence-electron chi connectivity index (χ1n) is 5.25. The maximum Gasteiger partial charge on any atom is 0.196 e. The maximum atomic E-state index is 13.6. The summed E-state index contributed by atoms with van der Waals surface area (Å²) in [6.45, 7) is 1.92. The highest BCUT2D eigenvalue weighted by Gasteiger charge is 2.14. The van der Waals surface area contributed by atoms with Gasteiger partial charge >= 0.3 is 0 Å². The van der Waals surface area contributed by atoms with Crippen molar-refractivity contribution in [1.82, 2.24) is 0 Å². The van der Waals surface area contributed by atoms with E-state index in [1.54, 1.807) is 12.1 Å². The summed E-state index contributed by atoms with van der Waals surface area (Å²) >= 11 is 9.00. The third-order valence-electron chi connectivity index (χ3n) is 2.61. The third kappa shape index (κ3) is 2.62. The Morgan fingerprint density at radius 3 is 2.56 bits per heavy atom. The third-order valence-corrected chi connectivity index (χ3v) is 3.70. The summed E-state index contributed by atoms with van der Waals surface area (Å²) in [5, 5.41) is 0.272. The molecule has 18 heavy (non-hydrogen) atoms. The molecule has 0 unspecified atom stereocenters. The quantitative estimate of drug-likeness (QED) is 0.725. The van der Waals surface area contributed by atoms with Crippen molar-refractivity contribution in [3.05, 3.63) is 68.4 Å². The average Bonchev–Trinajstić information content (AvgIpc) is 2.32. The molecule has 0 atom stereocenters. The molecule has 0 aliphatic carbocycles. The van der Waals surface area contributed by atoms with Crippen molar-refractivity contribution in [3.63, 3.8) is 0 Å². The highest BCUT2D eigenvalue weighted by atomic mass is 79.9. The molecule has 0 aliphatic heterocycles. The Balaban J connectivity index is 2.44. The van der Waals surface area contributed by atoms with Crippen LogP contribution in [0.4, 0.5) is 4.39 Å². The normalized spacial score (nSPS) is 10.4. The molecule has 0 bridgehead atoms. The molecule has 2 rings (SSSR count). The molecule has 0 aliphatic rings. The Morgan fingerprint density at radius 1 is 1.22 bits per heavy atom. The van der Waals surface area contributed by atoms with Crippen LogP contribution in [0, 0.1) is 12.7 Å². The van der Waals surface area contributed by atoms with Crippen molar-refractivity contribution in [3.8, 4) is 0 Å². The molecule has 92 valence electrons. The van der Waals surface area contributed by atoms with E-state index in [2.05, 4.69) is 15.9 Å². The Morgan fingerprint density at radius 2 is 1.94 bits per heavy atom. The predicted molar refractivity (Wildman–Crippen MR) is 73.7 cm³/mol. The highest BCUT2D eigenvalue weighted by Crippen LogP contribution is 2.22. The molecule has 0 amide bonds. The molecule has 0 aromatic heterocycles. The Labute approximate surface area is 118 Å². The summed E-state index contributed by atoms with van der Waals surface area (Å²) < 4.78 is 14.5. The van der Waals surface area contributed by atoms with Crippen LogP contribution >= 0.6 is 27.5 Å². The Bertz CT molecular complexity index is 625. The molecule has 0 N–H and O–H groups in total. The van der Waals surface area contributed by atoms with Crippen LogP contribution in [-0.4, -0.2) is 5.78 Å². The first-order chi connectivity index (χ1) is 8.49. The van der Waals surface area contributed by atoms with Crippen molar-refractivity contribution < 1.29 is 9.18 Å². The Kier molecular flexibility index (Phi) is 3.83. The van der Waals surface area contributed by atoms with Gasteiger partial charge < -0.3 is 0 Å². The van der Waals surface area contributed by atoms with Crippen molar-refractivity contribution in [2.75, 3.05) is 0 Å². The van der Waals surface area contributed by atoms with E-state index in [0.717, 1.165) is 16.1 Å². The van der Waals surface area contributed by atoms with Gasteiger partial charge in [0, 0.05) is 15.1 Å². The minimum Gasteiger partial charge on any atom is -0.288 e. The fourth-order valence-electron chi connectivity index (χ4n) is 1.56. The van der Waals surface area contributed by atoms with Crippen molar-refractivity contribution in [2.45, 2.75) is 6.92 Å². The van der Waals surface area contributed by atoms with Crippen molar-refractivity contribution in [2.24, 2.45) is 0 Å². The molecular weight excluding hydrogens is 319 g/mol. The van der Waals surface area contributed by atoms with Crippen LogP contribution < -0.4 is 0 Å². The lowest BCUT2D eigenvalue weighted by atomic mass is 10.0. The van der Waals surface area contributed by atoms with Crippen LogP contribution in [0.2, 0.25) is 5.02 Å². The fraction of sp³-hybridized carbons (Fsp3) is 0.0714. The molecule has 0 saturated carbocycles. The van der Waals surface area contributed by atoms with E-state index in [9.17, 15) is 9.18 Å². The standard InChI is InChI=1S/C14H9BrClFO/c1-8-2-3-9(6-12(8)15)14(18)11-5-4-10(16)7-13(11)17/h2-7H,1H3. The molecule has 0 fully saturated rings. The molecule has 1 nitrogen and oxygen atoms in total. The molecule has 2 aromatic carbocycles. The molecule has 4 heteroatoms. The van der Waals surface area contributed by atoms with Gasteiger partial charge in [0.05, 0.1) is 5.56 Å². The van der Waals surface area contributed by atoms with Gasteiger partial charge in [-0.15, -0.1) is 0 Å². The zero-order valence-corrected chi connectivity index (χ0v) is 11.8. The fourth-order valence-corrected chi connectivity index (χ4v) is 2.10. The van der Waals surface area contributed by atoms with Gasteiger partial charge in [0.2, 0.25) is 0 Å². The molecule has 0 spiro atoms. The van der Waals surface area contributed by atoms with E-state index >= 15 is 0 Å². The monoisotopic (exact) mass is 326 g/mol. The highest BCUT2D eigenvalue weighted by molar-refractivity contribution is 9.10. The number of halogens is 3. The van der Waals surface area contributed by atoms with Crippen LogP contribution in [0.3, 0.4) is 0 Å². The lowest BCUT2D eigenvalue weighted by molar-refractivity contribution is 0.103. The Hall–Kier alpha value is -1.19. The zero-order chi connectivity index (χ0) is 13.3. The van der Waals surface area contributed by atoms with E-state index in [4.69, 9.17) is 11.6 Å². The molecule has 2 aromatic rings. The van der Waals surface area contributed by atoms with Crippen LogP contribution in [0.15, 0.2) is 40.9 Å².